The first kappa shape index (κ1) is 18.0. The lowest BCUT2D eigenvalue weighted by Crippen LogP contribution is -2.46. The van der Waals surface area contributed by atoms with Crippen LogP contribution in [0.5, 0.6) is 0 Å². The topological polar surface area (TPSA) is 49.4 Å². The summed E-state index contributed by atoms with van der Waals surface area (Å²) in [5, 5.41) is 3.05. The van der Waals surface area contributed by atoms with Crippen LogP contribution in [0.3, 0.4) is 0 Å². The number of likely N-dealkylation sites (tertiary alicyclic amines) is 1. The molecule has 4 nitrogen and oxygen atoms in total. The predicted octanol–water partition coefficient (Wildman–Crippen LogP) is 3.27. The van der Waals surface area contributed by atoms with Crippen molar-refractivity contribution in [1.82, 2.24) is 10.2 Å². The van der Waals surface area contributed by atoms with Gasteiger partial charge in [0.05, 0.1) is 0 Å². The van der Waals surface area contributed by atoms with Gasteiger partial charge in [0.25, 0.3) is 0 Å². The van der Waals surface area contributed by atoms with Gasteiger partial charge >= 0.3 is 0 Å². The summed E-state index contributed by atoms with van der Waals surface area (Å²) >= 11 is 0. The number of amides is 2. The molecule has 2 aliphatic rings. The van der Waals surface area contributed by atoms with Crippen molar-refractivity contribution in [3.63, 3.8) is 0 Å². The molecule has 4 heteroatoms. The maximum Gasteiger partial charge on any atom is 0.243 e. The Morgan fingerprint density at radius 1 is 1.26 bits per heavy atom. The SMILES string of the molecule is C=CCCC(C)CC(C)CC(=O)N1CCC[C@H]1C(=O)NC1CC1. The molecule has 2 amide bonds. The quantitative estimate of drug-likeness (QED) is 0.663. The molecule has 23 heavy (non-hydrogen) atoms. The second-order valence-electron chi connectivity index (χ2n) is 7.54. The van der Waals surface area contributed by atoms with Crippen LogP contribution in [0, 0.1) is 11.8 Å². The molecular formula is C19H32N2O2. The van der Waals surface area contributed by atoms with Gasteiger partial charge in [0.1, 0.15) is 6.04 Å². The number of carbonyl (C=O) groups is 2. The van der Waals surface area contributed by atoms with Crippen molar-refractivity contribution < 1.29 is 9.59 Å². The van der Waals surface area contributed by atoms with E-state index < -0.39 is 0 Å². The van der Waals surface area contributed by atoms with E-state index in [-0.39, 0.29) is 17.9 Å². The lowest BCUT2D eigenvalue weighted by atomic mass is 9.91. The van der Waals surface area contributed by atoms with Gasteiger partial charge in [-0.25, -0.2) is 0 Å². The van der Waals surface area contributed by atoms with Crippen molar-refractivity contribution in [2.45, 2.75) is 77.3 Å². The lowest BCUT2D eigenvalue weighted by Gasteiger charge is -2.26. The zero-order valence-electron chi connectivity index (χ0n) is 14.7. The zero-order valence-corrected chi connectivity index (χ0v) is 14.7. The normalized spacial score (nSPS) is 23.4. The van der Waals surface area contributed by atoms with Gasteiger partial charge in [-0.3, -0.25) is 9.59 Å². The third-order valence-electron chi connectivity index (χ3n) is 4.99. The van der Waals surface area contributed by atoms with Crippen molar-refractivity contribution >= 4 is 11.8 Å². The Kier molecular flexibility index (Phi) is 6.67. The first-order valence-electron chi connectivity index (χ1n) is 9.22. The van der Waals surface area contributed by atoms with Gasteiger partial charge in [-0.05, 0) is 56.8 Å². The van der Waals surface area contributed by atoms with Crippen LogP contribution in [-0.2, 0) is 9.59 Å². The molecule has 1 saturated heterocycles. The standard InChI is InChI=1S/C19H32N2O2/c1-4-5-7-14(2)12-15(3)13-18(22)21-11-6-8-17(21)19(23)20-16-9-10-16/h4,14-17H,1,5-13H2,2-3H3,(H,20,23)/t14?,15?,17-/m0/s1. The Balaban J connectivity index is 1.78. The summed E-state index contributed by atoms with van der Waals surface area (Å²) in [7, 11) is 0. The largest absolute Gasteiger partial charge is 0.352 e. The molecule has 2 fully saturated rings. The van der Waals surface area contributed by atoms with Crippen LogP contribution < -0.4 is 5.32 Å². The van der Waals surface area contributed by atoms with Crippen molar-refractivity contribution in [3.05, 3.63) is 12.7 Å². The Bertz CT molecular complexity index is 431. The summed E-state index contributed by atoms with van der Waals surface area (Å²) in [5.41, 5.74) is 0. The number of hydrogen-bond acceptors (Lipinski definition) is 2. The van der Waals surface area contributed by atoms with Gasteiger partial charge in [0.2, 0.25) is 11.8 Å². The maximum atomic E-state index is 12.6. The van der Waals surface area contributed by atoms with E-state index in [1.54, 1.807) is 0 Å². The third kappa shape index (κ3) is 5.67. The third-order valence-corrected chi connectivity index (χ3v) is 4.99. The Morgan fingerprint density at radius 3 is 2.65 bits per heavy atom. The monoisotopic (exact) mass is 320 g/mol. The molecule has 1 aliphatic carbocycles. The van der Waals surface area contributed by atoms with Crippen LogP contribution in [0.4, 0.5) is 0 Å². The second kappa shape index (κ2) is 8.51. The smallest absolute Gasteiger partial charge is 0.243 e. The van der Waals surface area contributed by atoms with Crippen LogP contribution in [0.2, 0.25) is 0 Å². The molecule has 1 N–H and O–H groups in total. The van der Waals surface area contributed by atoms with Crippen molar-refractivity contribution in [2.24, 2.45) is 11.8 Å². The average molecular weight is 320 g/mol. The van der Waals surface area contributed by atoms with E-state index in [0.29, 0.717) is 24.3 Å². The minimum absolute atomic E-state index is 0.0605. The zero-order chi connectivity index (χ0) is 16.8. The average Bonchev–Trinajstić information content (AvgIpc) is 3.16. The number of nitrogens with zero attached hydrogens (tertiary/aromatic N) is 1. The number of carbonyl (C=O) groups excluding carboxylic acids is 2. The molecular weight excluding hydrogens is 288 g/mol. The predicted molar refractivity (Wildman–Crippen MR) is 92.9 cm³/mol. The second-order valence-corrected chi connectivity index (χ2v) is 7.54. The molecule has 0 aromatic heterocycles. The molecule has 0 spiro atoms. The Labute approximate surface area is 140 Å². The number of hydrogen-bond donors (Lipinski definition) is 1. The molecule has 1 aliphatic heterocycles. The minimum atomic E-state index is -0.228. The molecule has 3 atom stereocenters. The van der Waals surface area contributed by atoms with E-state index in [2.05, 4.69) is 25.7 Å². The van der Waals surface area contributed by atoms with E-state index in [1.165, 1.54) is 0 Å². The fraction of sp³-hybridized carbons (Fsp3) is 0.789. The van der Waals surface area contributed by atoms with E-state index in [1.807, 2.05) is 11.0 Å². The van der Waals surface area contributed by atoms with E-state index in [0.717, 1.165) is 51.5 Å². The summed E-state index contributed by atoms with van der Waals surface area (Å²) in [6, 6.07) is 0.137. The fourth-order valence-corrected chi connectivity index (χ4v) is 3.57. The van der Waals surface area contributed by atoms with E-state index >= 15 is 0 Å². The van der Waals surface area contributed by atoms with Gasteiger partial charge in [-0.1, -0.05) is 19.9 Å². The van der Waals surface area contributed by atoms with Crippen LogP contribution in [0.15, 0.2) is 12.7 Å². The van der Waals surface area contributed by atoms with E-state index in [9.17, 15) is 9.59 Å². The summed E-state index contributed by atoms with van der Waals surface area (Å²) < 4.78 is 0. The summed E-state index contributed by atoms with van der Waals surface area (Å²) in [5.74, 6) is 1.20. The highest BCUT2D eigenvalue weighted by Gasteiger charge is 2.36. The molecule has 130 valence electrons. The first-order chi connectivity index (χ1) is 11.0. The Hall–Kier alpha value is -1.32. The lowest BCUT2D eigenvalue weighted by molar-refractivity contribution is -0.139. The highest BCUT2D eigenvalue weighted by Crippen LogP contribution is 2.25. The summed E-state index contributed by atoms with van der Waals surface area (Å²) in [6.45, 7) is 8.89. The number of allylic oxidation sites excluding steroid dienone is 1. The van der Waals surface area contributed by atoms with Crippen LogP contribution >= 0.6 is 0 Å². The molecule has 0 bridgehead atoms. The molecule has 2 rings (SSSR count). The molecule has 1 heterocycles. The van der Waals surface area contributed by atoms with Gasteiger partial charge in [-0.15, -0.1) is 6.58 Å². The van der Waals surface area contributed by atoms with Crippen LogP contribution in [0.25, 0.3) is 0 Å². The van der Waals surface area contributed by atoms with Gasteiger partial charge < -0.3 is 10.2 Å². The highest BCUT2D eigenvalue weighted by molar-refractivity contribution is 5.88. The molecule has 1 saturated carbocycles. The molecule has 0 aromatic rings. The molecule has 0 radical (unpaired) electrons. The van der Waals surface area contributed by atoms with E-state index in [4.69, 9.17) is 0 Å². The first-order valence-corrected chi connectivity index (χ1v) is 9.22. The number of nitrogens with one attached hydrogen (secondary N) is 1. The van der Waals surface area contributed by atoms with Crippen LogP contribution in [0.1, 0.15) is 65.2 Å². The summed E-state index contributed by atoms with van der Waals surface area (Å²) in [4.78, 5) is 26.7. The van der Waals surface area contributed by atoms with Crippen molar-refractivity contribution in [2.75, 3.05) is 6.54 Å². The maximum absolute atomic E-state index is 12.6. The number of rotatable bonds is 9. The van der Waals surface area contributed by atoms with Gasteiger partial charge in [0, 0.05) is 19.0 Å². The highest BCUT2D eigenvalue weighted by atomic mass is 16.2. The summed E-state index contributed by atoms with van der Waals surface area (Å²) in [6.07, 6.45) is 9.69. The van der Waals surface area contributed by atoms with Gasteiger partial charge in [0.15, 0.2) is 0 Å². The van der Waals surface area contributed by atoms with Crippen molar-refractivity contribution in [3.8, 4) is 0 Å². The fourth-order valence-electron chi connectivity index (χ4n) is 3.57. The minimum Gasteiger partial charge on any atom is -0.352 e. The van der Waals surface area contributed by atoms with Crippen molar-refractivity contribution in [1.29, 1.82) is 0 Å². The van der Waals surface area contributed by atoms with Crippen LogP contribution in [-0.4, -0.2) is 35.3 Å². The molecule has 2 unspecified atom stereocenters. The van der Waals surface area contributed by atoms with Gasteiger partial charge in [-0.2, -0.15) is 0 Å². The molecule has 0 aromatic carbocycles. The Morgan fingerprint density at radius 2 is 2.00 bits per heavy atom.